The van der Waals surface area contributed by atoms with E-state index in [4.69, 9.17) is 0 Å². The lowest BCUT2D eigenvalue weighted by atomic mass is 10.1. The fourth-order valence-corrected chi connectivity index (χ4v) is 1.16. The fourth-order valence-electron chi connectivity index (χ4n) is 1.16. The maximum atomic E-state index is 3.77. The van der Waals surface area contributed by atoms with Crippen LogP contribution in [0.15, 0.2) is 43.1 Å². The van der Waals surface area contributed by atoms with Gasteiger partial charge in [-0.05, 0) is 18.1 Å². The molecule has 1 heteroatoms. The predicted molar refractivity (Wildman–Crippen MR) is 58.4 cm³/mol. The van der Waals surface area contributed by atoms with Crippen molar-refractivity contribution >= 4 is 5.57 Å². The fraction of sp³-hybridized carbons (Fsp3) is 0.167. The molecule has 0 aliphatic heterocycles. The lowest BCUT2D eigenvalue weighted by molar-refractivity contribution is 1.11. The Hall–Kier alpha value is -1.50. The van der Waals surface area contributed by atoms with Crippen molar-refractivity contribution in [2.24, 2.45) is 0 Å². The normalized spacial score (nSPS) is 11.1. The van der Waals surface area contributed by atoms with E-state index in [2.05, 4.69) is 43.1 Å². The van der Waals surface area contributed by atoms with Crippen LogP contribution in [0.3, 0.4) is 0 Å². The molecule has 0 aliphatic rings. The first-order valence-electron chi connectivity index (χ1n) is 4.35. The summed E-state index contributed by atoms with van der Waals surface area (Å²) in [5, 5.41) is 3.00. The monoisotopic (exact) mass is 173 g/mol. The Morgan fingerprint density at radius 3 is 2.38 bits per heavy atom. The standard InChI is InChI=1S/C12H15N/c1-4-11(9-13-3)12-7-5-10(2)6-8-12/h4-9,13H,1H2,2-3H3/b11-9+. The third-order valence-corrected chi connectivity index (χ3v) is 1.90. The van der Waals surface area contributed by atoms with Crippen LogP contribution in [0, 0.1) is 6.92 Å². The highest BCUT2D eigenvalue weighted by atomic mass is 14.8. The van der Waals surface area contributed by atoms with Gasteiger partial charge in [0.05, 0.1) is 0 Å². The second-order valence-electron chi connectivity index (χ2n) is 2.96. The highest BCUT2D eigenvalue weighted by Crippen LogP contribution is 2.14. The molecule has 1 aromatic carbocycles. The van der Waals surface area contributed by atoms with E-state index < -0.39 is 0 Å². The Kier molecular flexibility index (Phi) is 3.32. The maximum absolute atomic E-state index is 3.77. The van der Waals surface area contributed by atoms with Gasteiger partial charge in [-0.3, -0.25) is 0 Å². The Bertz CT molecular complexity index is 306. The minimum Gasteiger partial charge on any atom is -0.393 e. The molecule has 1 N–H and O–H groups in total. The largest absolute Gasteiger partial charge is 0.393 e. The van der Waals surface area contributed by atoms with Crippen molar-refractivity contribution in [1.82, 2.24) is 5.32 Å². The first kappa shape index (κ1) is 9.59. The Morgan fingerprint density at radius 1 is 1.31 bits per heavy atom. The number of allylic oxidation sites excluding steroid dienone is 2. The van der Waals surface area contributed by atoms with Crippen molar-refractivity contribution in [1.29, 1.82) is 0 Å². The summed E-state index contributed by atoms with van der Waals surface area (Å²) in [5.41, 5.74) is 3.58. The van der Waals surface area contributed by atoms with E-state index in [0.717, 1.165) is 5.57 Å². The number of aryl methyl sites for hydroxylation is 1. The van der Waals surface area contributed by atoms with Gasteiger partial charge in [0.25, 0.3) is 0 Å². The summed E-state index contributed by atoms with van der Waals surface area (Å²) in [6.45, 7) is 5.85. The minimum atomic E-state index is 1.11. The molecular weight excluding hydrogens is 158 g/mol. The quantitative estimate of drug-likeness (QED) is 0.693. The molecule has 0 atom stereocenters. The summed E-state index contributed by atoms with van der Waals surface area (Å²) >= 11 is 0. The molecule has 0 heterocycles. The van der Waals surface area contributed by atoms with Crippen LogP contribution >= 0.6 is 0 Å². The van der Waals surface area contributed by atoms with Crippen LogP contribution in [0.4, 0.5) is 0 Å². The molecule has 0 radical (unpaired) electrons. The zero-order chi connectivity index (χ0) is 9.68. The predicted octanol–water partition coefficient (Wildman–Crippen LogP) is 2.74. The molecule has 68 valence electrons. The van der Waals surface area contributed by atoms with Gasteiger partial charge >= 0.3 is 0 Å². The second kappa shape index (κ2) is 4.51. The molecule has 0 fully saturated rings. The maximum Gasteiger partial charge on any atom is 0.00410 e. The smallest absolute Gasteiger partial charge is 0.00410 e. The van der Waals surface area contributed by atoms with E-state index in [1.807, 2.05) is 19.3 Å². The number of hydrogen-bond donors (Lipinski definition) is 1. The molecule has 1 aromatic rings. The third kappa shape index (κ3) is 2.48. The zero-order valence-electron chi connectivity index (χ0n) is 8.17. The highest BCUT2D eigenvalue weighted by molar-refractivity contribution is 5.73. The highest BCUT2D eigenvalue weighted by Gasteiger charge is 1.94. The van der Waals surface area contributed by atoms with Crippen LogP contribution in [-0.2, 0) is 0 Å². The van der Waals surface area contributed by atoms with Gasteiger partial charge in [-0.1, -0.05) is 42.5 Å². The zero-order valence-corrected chi connectivity index (χ0v) is 8.17. The number of rotatable bonds is 3. The first-order chi connectivity index (χ1) is 6.27. The van der Waals surface area contributed by atoms with Gasteiger partial charge in [0.15, 0.2) is 0 Å². The lowest BCUT2D eigenvalue weighted by Crippen LogP contribution is -1.94. The van der Waals surface area contributed by atoms with Gasteiger partial charge in [-0.25, -0.2) is 0 Å². The Morgan fingerprint density at radius 2 is 1.92 bits per heavy atom. The van der Waals surface area contributed by atoms with E-state index in [1.165, 1.54) is 11.1 Å². The van der Waals surface area contributed by atoms with Crippen molar-refractivity contribution in [2.75, 3.05) is 7.05 Å². The van der Waals surface area contributed by atoms with E-state index in [-0.39, 0.29) is 0 Å². The second-order valence-corrected chi connectivity index (χ2v) is 2.96. The van der Waals surface area contributed by atoms with E-state index in [0.29, 0.717) is 0 Å². The number of nitrogens with one attached hydrogen (secondary N) is 1. The molecule has 0 bridgehead atoms. The summed E-state index contributed by atoms with van der Waals surface area (Å²) in [5.74, 6) is 0. The number of benzene rings is 1. The lowest BCUT2D eigenvalue weighted by Gasteiger charge is -2.02. The van der Waals surface area contributed by atoms with Crippen molar-refractivity contribution < 1.29 is 0 Å². The molecular formula is C12H15N. The molecule has 0 unspecified atom stereocenters. The summed E-state index contributed by atoms with van der Waals surface area (Å²) in [6, 6.07) is 8.39. The van der Waals surface area contributed by atoms with Crippen LogP contribution in [0.2, 0.25) is 0 Å². The average Bonchev–Trinajstić information content (AvgIpc) is 2.16. The van der Waals surface area contributed by atoms with Gasteiger partial charge in [0.2, 0.25) is 0 Å². The molecule has 0 amide bonds. The summed E-state index contributed by atoms with van der Waals surface area (Å²) in [4.78, 5) is 0. The van der Waals surface area contributed by atoms with Crippen LogP contribution in [0.25, 0.3) is 5.57 Å². The van der Waals surface area contributed by atoms with Crippen LogP contribution in [0.5, 0.6) is 0 Å². The molecule has 0 spiro atoms. The number of hydrogen-bond acceptors (Lipinski definition) is 1. The van der Waals surface area contributed by atoms with Crippen LogP contribution < -0.4 is 5.32 Å². The van der Waals surface area contributed by atoms with Crippen molar-refractivity contribution in [3.8, 4) is 0 Å². The van der Waals surface area contributed by atoms with Crippen molar-refractivity contribution in [3.63, 3.8) is 0 Å². The van der Waals surface area contributed by atoms with Crippen molar-refractivity contribution in [2.45, 2.75) is 6.92 Å². The van der Waals surface area contributed by atoms with Crippen LogP contribution in [0.1, 0.15) is 11.1 Å². The van der Waals surface area contributed by atoms with Gasteiger partial charge in [-0.2, -0.15) is 0 Å². The minimum absolute atomic E-state index is 1.11. The first-order valence-corrected chi connectivity index (χ1v) is 4.35. The summed E-state index contributed by atoms with van der Waals surface area (Å²) in [7, 11) is 1.89. The van der Waals surface area contributed by atoms with Gasteiger partial charge in [-0.15, -0.1) is 0 Å². The Labute approximate surface area is 79.8 Å². The van der Waals surface area contributed by atoms with Crippen molar-refractivity contribution in [3.05, 3.63) is 54.2 Å². The molecule has 13 heavy (non-hydrogen) atoms. The van der Waals surface area contributed by atoms with E-state index in [9.17, 15) is 0 Å². The molecule has 0 aromatic heterocycles. The average molecular weight is 173 g/mol. The SMILES string of the molecule is C=C/C(=C\NC)c1ccc(C)cc1. The van der Waals surface area contributed by atoms with E-state index in [1.54, 1.807) is 0 Å². The van der Waals surface area contributed by atoms with E-state index >= 15 is 0 Å². The molecule has 0 saturated carbocycles. The van der Waals surface area contributed by atoms with Gasteiger partial charge in [0, 0.05) is 13.2 Å². The topological polar surface area (TPSA) is 12.0 Å². The van der Waals surface area contributed by atoms with Crippen LogP contribution in [-0.4, -0.2) is 7.05 Å². The molecule has 0 saturated heterocycles. The molecule has 0 aliphatic carbocycles. The molecule has 1 nitrogen and oxygen atoms in total. The summed E-state index contributed by atoms with van der Waals surface area (Å²) < 4.78 is 0. The summed E-state index contributed by atoms with van der Waals surface area (Å²) in [6.07, 6.45) is 3.79. The molecule has 1 rings (SSSR count). The Balaban J connectivity index is 2.99. The third-order valence-electron chi connectivity index (χ3n) is 1.90. The van der Waals surface area contributed by atoms with Gasteiger partial charge < -0.3 is 5.32 Å². The van der Waals surface area contributed by atoms with Gasteiger partial charge in [0.1, 0.15) is 0 Å².